The van der Waals surface area contributed by atoms with Gasteiger partial charge in [-0.05, 0) is 41.5 Å². The molecule has 1 heterocycles. The highest BCUT2D eigenvalue weighted by molar-refractivity contribution is 5.94. The second-order valence-electron chi connectivity index (χ2n) is 4.63. The third-order valence-electron chi connectivity index (χ3n) is 3.29. The van der Waals surface area contributed by atoms with E-state index >= 15 is 0 Å². The third kappa shape index (κ3) is 1.88. The fourth-order valence-corrected chi connectivity index (χ4v) is 2.32. The molecule has 3 heteroatoms. The van der Waals surface area contributed by atoms with Crippen molar-refractivity contribution in [1.29, 1.82) is 0 Å². The van der Waals surface area contributed by atoms with Crippen molar-refractivity contribution in [2.75, 3.05) is 0 Å². The number of pyridine rings is 1. The van der Waals surface area contributed by atoms with Gasteiger partial charge < -0.3 is 5.73 Å². The Bertz CT molecular complexity index is 589. The maximum atomic E-state index is 11.5. The molecular weight excluding hydrogens is 224 g/mol. The van der Waals surface area contributed by atoms with Gasteiger partial charge in [-0.25, -0.2) is 0 Å². The van der Waals surface area contributed by atoms with Crippen LogP contribution in [0, 0.1) is 0 Å². The van der Waals surface area contributed by atoms with Crippen LogP contribution in [0.4, 0.5) is 0 Å². The van der Waals surface area contributed by atoms with E-state index in [2.05, 4.69) is 4.98 Å². The SMILES string of the molecule is NC(=O)c1nccc(-c2ccccc2)c1C1CC1. The van der Waals surface area contributed by atoms with E-state index in [1.165, 1.54) is 0 Å². The maximum absolute atomic E-state index is 11.5. The van der Waals surface area contributed by atoms with Gasteiger partial charge in [0.05, 0.1) is 0 Å². The molecule has 2 N–H and O–H groups in total. The van der Waals surface area contributed by atoms with Gasteiger partial charge in [0, 0.05) is 6.20 Å². The lowest BCUT2D eigenvalue weighted by atomic mass is 9.95. The molecule has 1 aromatic heterocycles. The summed E-state index contributed by atoms with van der Waals surface area (Å²) in [4.78, 5) is 15.6. The molecule has 18 heavy (non-hydrogen) atoms. The van der Waals surface area contributed by atoms with Gasteiger partial charge in [-0.2, -0.15) is 0 Å². The van der Waals surface area contributed by atoms with Gasteiger partial charge in [-0.1, -0.05) is 30.3 Å². The molecule has 2 aromatic rings. The Morgan fingerprint density at radius 3 is 2.50 bits per heavy atom. The van der Waals surface area contributed by atoms with E-state index < -0.39 is 5.91 Å². The van der Waals surface area contributed by atoms with Crippen LogP contribution in [0.2, 0.25) is 0 Å². The zero-order valence-electron chi connectivity index (χ0n) is 9.97. The number of carbonyl (C=O) groups is 1. The molecule has 0 radical (unpaired) electrons. The van der Waals surface area contributed by atoms with Crippen molar-refractivity contribution in [1.82, 2.24) is 4.98 Å². The number of nitrogens with two attached hydrogens (primary N) is 1. The lowest BCUT2D eigenvalue weighted by Crippen LogP contribution is -2.16. The summed E-state index contributed by atoms with van der Waals surface area (Å²) in [6, 6.07) is 12.0. The average molecular weight is 238 g/mol. The summed E-state index contributed by atoms with van der Waals surface area (Å²) >= 11 is 0. The first-order chi connectivity index (χ1) is 8.77. The van der Waals surface area contributed by atoms with Gasteiger partial charge in [0.25, 0.3) is 5.91 Å². The normalized spacial score (nSPS) is 14.4. The summed E-state index contributed by atoms with van der Waals surface area (Å²) in [6.45, 7) is 0. The van der Waals surface area contributed by atoms with Crippen LogP contribution in [0.3, 0.4) is 0 Å². The number of benzene rings is 1. The van der Waals surface area contributed by atoms with Crippen molar-refractivity contribution in [2.45, 2.75) is 18.8 Å². The van der Waals surface area contributed by atoms with Crippen molar-refractivity contribution in [3.8, 4) is 11.1 Å². The highest BCUT2D eigenvalue weighted by atomic mass is 16.1. The number of hydrogen-bond donors (Lipinski definition) is 1. The molecule has 0 bridgehead atoms. The minimum absolute atomic E-state index is 0.429. The second-order valence-corrected chi connectivity index (χ2v) is 4.63. The molecule has 3 nitrogen and oxygen atoms in total. The summed E-state index contributed by atoms with van der Waals surface area (Å²) in [7, 11) is 0. The molecule has 0 unspecified atom stereocenters. The Labute approximate surface area is 106 Å². The van der Waals surface area contributed by atoms with Crippen LogP contribution in [0.1, 0.15) is 34.8 Å². The van der Waals surface area contributed by atoms with E-state index in [-0.39, 0.29) is 0 Å². The number of carbonyl (C=O) groups excluding carboxylic acids is 1. The topological polar surface area (TPSA) is 56.0 Å². The first-order valence-corrected chi connectivity index (χ1v) is 6.11. The van der Waals surface area contributed by atoms with Crippen LogP contribution in [0.15, 0.2) is 42.6 Å². The van der Waals surface area contributed by atoms with Crippen LogP contribution in [0.25, 0.3) is 11.1 Å². The molecule has 1 fully saturated rings. The van der Waals surface area contributed by atoms with Gasteiger partial charge in [0.2, 0.25) is 0 Å². The summed E-state index contributed by atoms with van der Waals surface area (Å²) in [5.74, 6) is 0.00564. The van der Waals surface area contributed by atoms with Crippen molar-refractivity contribution in [3.63, 3.8) is 0 Å². The second kappa shape index (κ2) is 4.26. The summed E-state index contributed by atoms with van der Waals surface area (Å²) in [6.07, 6.45) is 3.89. The van der Waals surface area contributed by atoms with Crippen molar-refractivity contribution in [3.05, 3.63) is 53.9 Å². The van der Waals surface area contributed by atoms with Gasteiger partial charge >= 0.3 is 0 Å². The van der Waals surface area contributed by atoms with Crippen molar-refractivity contribution >= 4 is 5.91 Å². The zero-order valence-corrected chi connectivity index (χ0v) is 9.97. The smallest absolute Gasteiger partial charge is 0.267 e. The molecule has 1 aliphatic rings. The Hall–Kier alpha value is -2.16. The van der Waals surface area contributed by atoms with Gasteiger partial charge in [-0.3, -0.25) is 9.78 Å². The number of nitrogens with zero attached hydrogens (tertiary/aromatic N) is 1. The number of hydrogen-bond acceptors (Lipinski definition) is 2. The van der Waals surface area contributed by atoms with Crippen LogP contribution in [-0.2, 0) is 0 Å². The molecule has 1 saturated carbocycles. The predicted molar refractivity (Wildman–Crippen MR) is 70.2 cm³/mol. The number of rotatable bonds is 3. The number of aromatic nitrogens is 1. The largest absolute Gasteiger partial charge is 0.364 e. The fourth-order valence-electron chi connectivity index (χ4n) is 2.32. The minimum atomic E-state index is -0.435. The van der Waals surface area contributed by atoms with E-state index in [1.54, 1.807) is 6.20 Å². The van der Waals surface area contributed by atoms with Crippen LogP contribution < -0.4 is 5.73 Å². The summed E-state index contributed by atoms with van der Waals surface area (Å²) in [5.41, 5.74) is 9.08. The van der Waals surface area contributed by atoms with E-state index in [0.29, 0.717) is 11.6 Å². The summed E-state index contributed by atoms with van der Waals surface area (Å²) in [5, 5.41) is 0. The van der Waals surface area contributed by atoms with Crippen molar-refractivity contribution < 1.29 is 4.79 Å². The van der Waals surface area contributed by atoms with E-state index in [4.69, 9.17) is 5.73 Å². The first-order valence-electron chi connectivity index (χ1n) is 6.11. The minimum Gasteiger partial charge on any atom is -0.364 e. The monoisotopic (exact) mass is 238 g/mol. The quantitative estimate of drug-likeness (QED) is 0.893. The standard InChI is InChI=1S/C15H14N2O/c16-15(18)14-13(11-6-7-11)12(8-9-17-14)10-4-2-1-3-5-10/h1-5,8-9,11H,6-7H2,(H2,16,18). The molecule has 1 aliphatic carbocycles. The Morgan fingerprint density at radius 1 is 1.17 bits per heavy atom. The van der Waals surface area contributed by atoms with Gasteiger partial charge in [0.15, 0.2) is 0 Å². The lowest BCUT2D eigenvalue weighted by molar-refractivity contribution is 0.0994. The average Bonchev–Trinajstić information content (AvgIpc) is 3.23. The predicted octanol–water partition coefficient (Wildman–Crippen LogP) is 2.72. The van der Waals surface area contributed by atoms with Gasteiger partial charge in [-0.15, -0.1) is 0 Å². The Kier molecular flexibility index (Phi) is 2.59. The molecule has 0 atom stereocenters. The Balaban J connectivity index is 2.20. The van der Waals surface area contributed by atoms with Crippen LogP contribution in [-0.4, -0.2) is 10.9 Å². The highest BCUT2D eigenvalue weighted by Crippen LogP contribution is 2.45. The third-order valence-corrected chi connectivity index (χ3v) is 3.29. The van der Waals surface area contributed by atoms with Crippen LogP contribution in [0.5, 0.6) is 0 Å². The first kappa shape index (κ1) is 11.0. The van der Waals surface area contributed by atoms with Gasteiger partial charge in [0.1, 0.15) is 5.69 Å². The van der Waals surface area contributed by atoms with E-state index in [9.17, 15) is 4.79 Å². The Morgan fingerprint density at radius 2 is 1.89 bits per heavy atom. The maximum Gasteiger partial charge on any atom is 0.267 e. The fraction of sp³-hybridized carbons (Fsp3) is 0.200. The molecule has 1 amide bonds. The lowest BCUT2D eigenvalue weighted by Gasteiger charge is -2.11. The molecular formula is C15H14N2O. The molecule has 0 saturated heterocycles. The summed E-state index contributed by atoms with van der Waals surface area (Å²) < 4.78 is 0. The van der Waals surface area contributed by atoms with E-state index in [0.717, 1.165) is 29.5 Å². The molecule has 0 aliphatic heterocycles. The van der Waals surface area contributed by atoms with Crippen LogP contribution >= 0.6 is 0 Å². The zero-order chi connectivity index (χ0) is 12.5. The van der Waals surface area contributed by atoms with E-state index in [1.807, 2.05) is 36.4 Å². The number of amides is 1. The molecule has 3 rings (SSSR count). The number of primary amides is 1. The highest BCUT2D eigenvalue weighted by Gasteiger charge is 2.31. The molecule has 0 spiro atoms. The molecule has 90 valence electrons. The molecule has 1 aromatic carbocycles. The van der Waals surface area contributed by atoms with Crippen molar-refractivity contribution in [2.24, 2.45) is 5.73 Å².